The second-order valence-electron chi connectivity index (χ2n) is 10.3. The highest BCUT2D eigenvalue weighted by molar-refractivity contribution is 6.30. The molecule has 1 fully saturated rings. The molecule has 1 aliphatic rings. The molecule has 11 nitrogen and oxygen atoms in total. The number of carbonyl (C=O) groups is 2. The molecular weight excluding hydrogens is 598 g/mol. The Morgan fingerprint density at radius 2 is 1.71 bits per heavy atom. The van der Waals surface area contributed by atoms with Gasteiger partial charge in [0.05, 0.1) is 45.9 Å². The Morgan fingerprint density at radius 3 is 2.42 bits per heavy atom. The number of aromatic nitrogens is 2. The minimum absolute atomic E-state index is 0.185. The fraction of sp³-hybridized carbons (Fsp3) is 0.303. The number of anilines is 1. The van der Waals surface area contributed by atoms with Crippen LogP contribution in [0.15, 0.2) is 72.9 Å². The summed E-state index contributed by atoms with van der Waals surface area (Å²) in [5.74, 6) is 1.25. The summed E-state index contributed by atoms with van der Waals surface area (Å²) in [6, 6.07) is 19.6. The zero-order valence-corrected chi connectivity index (χ0v) is 26.3. The maximum atomic E-state index is 13.7. The molecule has 0 aliphatic carbocycles. The van der Waals surface area contributed by atoms with Gasteiger partial charge >= 0.3 is 0 Å². The number of benzene rings is 3. The second kappa shape index (κ2) is 14.9. The summed E-state index contributed by atoms with van der Waals surface area (Å²) in [7, 11) is 4.67. The Bertz CT molecular complexity index is 1620. The van der Waals surface area contributed by atoms with Crippen LogP contribution in [0, 0.1) is 0 Å². The minimum atomic E-state index is -0.400. The van der Waals surface area contributed by atoms with Gasteiger partial charge in [-0.05, 0) is 42.5 Å². The Labute approximate surface area is 267 Å². The van der Waals surface area contributed by atoms with Crippen LogP contribution in [0.1, 0.15) is 10.4 Å². The van der Waals surface area contributed by atoms with Gasteiger partial charge in [-0.15, -0.1) is 0 Å². The largest absolute Gasteiger partial charge is 0.497 e. The van der Waals surface area contributed by atoms with Gasteiger partial charge in [0.1, 0.15) is 12.3 Å². The molecule has 1 aromatic heterocycles. The second-order valence-corrected chi connectivity index (χ2v) is 10.8. The number of carbonyl (C=O) groups excluding carboxylic acids is 2. The smallest absolute Gasteiger partial charge is 0.254 e. The highest BCUT2D eigenvalue weighted by atomic mass is 35.5. The third-order valence-electron chi connectivity index (χ3n) is 7.47. The molecule has 2 heterocycles. The molecule has 4 aromatic rings. The number of morpholine rings is 1. The standard InChI is InChI=1S/C33H36ClN5O6/c1-42-27-6-4-5-24(19-27)32(41)38(14-13-37-15-17-45-18-16-37)22-31(40)36-33-35-28(23-7-9-25(34)10-8-23)21-39(33)26-11-12-29(43-2)30(20-26)44-3/h4-12,19-21H,13-18,22H2,1-3H3,(H,35,36,40). The van der Waals surface area contributed by atoms with Gasteiger partial charge in [-0.3, -0.25) is 24.4 Å². The van der Waals surface area contributed by atoms with E-state index in [1.165, 1.54) is 0 Å². The van der Waals surface area contributed by atoms with E-state index in [4.69, 9.17) is 35.5 Å². The lowest BCUT2D eigenvalue weighted by molar-refractivity contribution is -0.117. The molecule has 1 N–H and O–H groups in total. The fourth-order valence-electron chi connectivity index (χ4n) is 5.02. The molecule has 236 valence electrons. The highest BCUT2D eigenvalue weighted by Crippen LogP contribution is 2.32. The summed E-state index contributed by atoms with van der Waals surface area (Å²) < 4.78 is 23.5. The molecule has 2 amide bonds. The van der Waals surface area contributed by atoms with Gasteiger partial charge < -0.3 is 23.8 Å². The average molecular weight is 634 g/mol. The van der Waals surface area contributed by atoms with Gasteiger partial charge in [0, 0.05) is 54.6 Å². The molecule has 1 aliphatic heterocycles. The van der Waals surface area contributed by atoms with Crippen molar-refractivity contribution in [3.63, 3.8) is 0 Å². The van der Waals surface area contributed by atoms with Crippen molar-refractivity contribution in [3.8, 4) is 34.2 Å². The number of ether oxygens (including phenoxy) is 4. The number of rotatable bonds is 12. The number of methoxy groups -OCH3 is 3. The van der Waals surface area contributed by atoms with E-state index < -0.39 is 5.91 Å². The first-order valence-corrected chi connectivity index (χ1v) is 14.9. The van der Waals surface area contributed by atoms with E-state index in [1.54, 1.807) is 79.3 Å². The van der Waals surface area contributed by atoms with Crippen LogP contribution in [-0.2, 0) is 9.53 Å². The number of hydrogen-bond acceptors (Lipinski definition) is 8. The van der Waals surface area contributed by atoms with E-state index in [0.29, 0.717) is 65.5 Å². The summed E-state index contributed by atoms with van der Waals surface area (Å²) in [6.45, 7) is 3.58. The SMILES string of the molecule is COc1cccc(C(=O)N(CCN2CCOCC2)CC(=O)Nc2nc(-c3ccc(Cl)cc3)cn2-c2ccc(OC)c(OC)c2)c1. The maximum Gasteiger partial charge on any atom is 0.254 e. The van der Waals surface area contributed by atoms with Crippen molar-refractivity contribution in [2.75, 3.05) is 72.6 Å². The van der Waals surface area contributed by atoms with Gasteiger partial charge in [0.2, 0.25) is 11.9 Å². The van der Waals surface area contributed by atoms with E-state index in [9.17, 15) is 9.59 Å². The zero-order chi connectivity index (χ0) is 31.8. The number of nitrogens with one attached hydrogen (secondary N) is 1. The number of hydrogen-bond donors (Lipinski definition) is 1. The summed E-state index contributed by atoms with van der Waals surface area (Å²) in [4.78, 5) is 35.9. The van der Waals surface area contributed by atoms with Crippen LogP contribution in [0.2, 0.25) is 5.02 Å². The monoisotopic (exact) mass is 633 g/mol. The fourth-order valence-corrected chi connectivity index (χ4v) is 5.14. The first-order valence-electron chi connectivity index (χ1n) is 14.5. The Balaban J connectivity index is 1.43. The summed E-state index contributed by atoms with van der Waals surface area (Å²) in [6.07, 6.45) is 1.82. The normalized spacial score (nSPS) is 13.2. The first-order chi connectivity index (χ1) is 21.9. The predicted molar refractivity (Wildman–Crippen MR) is 172 cm³/mol. The third kappa shape index (κ3) is 7.93. The van der Waals surface area contributed by atoms with Crippen LogP contribution < -0.4 is 19.5 Å². The molecule has 0 unspecified atom stereocenters. The molecule has 3 aromatic carbocycles. The van der Waals surface area contributed by atoms with Crippen molar-refractivity contribution in [2.45, 2.75) is 0 Å². The lowest BCUT2D eigenvalue weighted by Crippen LogP contribution is -2.45. The zero-order valence-electron chi connectivity index (χ0n) is 25.5. The van der Waals surface area contributed by atoms with Gasteiger partial charge in [-0.25, -0.2) is 4.98 Å². The van der Waals surface area contributed by atoms with Gasteiger partial charge in [-0.1, -0.05) is 29.8 Å². The molecule has 1 saturated heterocycles. The maximum absolute atomic E-state index is 13.7. The molecule has 45 heavy (non-hydrogen) atoms. The van der Waals surface area contributed by atoms with Crippen LogP contribution in [0.4, 0.5) is 5.95 Å². The van der Waals surface area contributed by atoms with Crippen LogP contribution in [0.25, 0.3) is 16.9 Å². The summed E-state index contributed by atoms with van der Waals surface area (Å²) in [5.41, 5.74) is 2.55. The van der Waals surface area contributed by atoms with E-state index in [2.05, 4.69) is 10.2 Å². The van der Waals surface area contributed by atoms with Crippen molar-refractivity contribution >= 4 is 29.4 Å². The molecule has 0 radical (unpaired) electrons. The average Bonchev–Trinajstić information content (AvgIpc) is 3.50. The molecule has 0 saturated carbocycles. The van der Waals surface area contributed by atoms with Gasteiger partial charge in [0.25, 0.3) is 5.91 Å². The number of amides is 2. The van der Waals surface area contributed by atoms with Crippen LogP contribution in [0.3, 0.4) is 0 Å². The van der Waals surface area contributed by atoms with Crippen molar-refractivity contribution in [1.82, 2.24) is 19.4 Å². The highest BCUT2D eigenvalue weighted by Gasteiger charge is 2.23. The van der Waals surface area contributed by atoms with Crippen molar-refractivity contribution in [3.05, 3.63) is 83.5 Å². The molecule has 0 bridgehead atoms. The lowest BCUT2D eigenvalue weighted by atomic mass is 10.2. The third-order valence-corrected chi connectivity index (χ3v) is 7.72. The molecule has 0 atom stereocenters. The number of imidazole rings is 1. The van der Waals surface area contributed by atoms with Gasteiger partial charge in [0.15, 0.2) is 11.5 Å². The predicted octanol–water partition coefficient (Wildman–Crippen LogP) is 4.63. The van der Waals surface area contributed by atoms with E-state index in [-0.39, 0.29) is 18.4 Å². The van der Waals surface area contributed by atoms with Crippen LogP contribution in [0.5, 0.6) is 17.2 Å². The minimum Gasteiger partial charge on any atom is -0.497 e. The quantitative estimate of drug-likeness (QED) is 0.241. The van der Waals surface area contributed by atoms with Crippen molar-refractivity contribution < 1.29 is 28.5 Å². The van der Waals surface area contributed by atoms with E-state index >= 15 is 0 Å². The molecule has 0 spiro atoms. The topological polar surface area (TPSA) is 107 Å². The summed E-state index contributed by atoms with van der Waals surface area (Å²) in [5, 5.41) is 3.54. The molecular formula is C33H36ClN5O6. The molecule has 12 heteroatoms. The summed E-state index contributed by atoms with van der Waals surface area (Å²) >= 11 is 6.12. The first kappa shape index (κ1) is 31.8. The lowest BCUT2D eigenvalue weighted by Gasteiger charge is -2.30. The Morgan fingerprint density at radius 1 is 0.956 bits per heavy atom. The van der Waals surface area contributed by atoms with E-state index in [0.717, 1.165) is 18.7 Å². The number of nitrogens with zero attached hydrogens (tertiary/aromatic N) is 4. The van der Waals surface area contributed by atoms with Crippen molar-refractivity contribution in [2.24, 2.45) is 0 Å². The Kier molecular flexibility index (Phi) is 10.6. The van der Waals surface area contributed by atoms with Crippen LogP contribution >= 0.6 is 11.6 Å². The van der Waals surface area contributed by atoms with Crippen LogP contribution in [-0.4, -0.2) is 98.4 Å². The van der Waals surface area contributed by atoms with Crippen molar-refractivity contribution in [1.29, 1.82) is 0 Å². The Hall–Kier alpha value is -4.58. The molecule has 5 rings (SSSR count). The number of halogens is 1. The van der Waals surface area contributed by atoms with E-state index in [1.807, 2.05) is 24.4 Å². The van der Waals surface area contributed by atoms with Gasteiger partial charge in [-0.2, -0.15) is 0 Å².